The van der Waals surface area contributed by atoms with Gasteiger partial charge in [0.2, 0.25) is 5.91 Å². The van der Waals surface area contributed by atoms with Gasteiger partial charge in [-0.25, -0.2) is 0 Å². The summed E-state index contributed by atoms with van der Waals surface area (Å²) in [6.07, 6.45) is 0.202. The van der Waals surface area contributed by atoms with Crippen LogP contribution in [0.15, 0.2) is 78.9 Å². The summed E-state index contributed by atoms with van der Waals surface area (Å²) < 4.78 is 0. The number of nitrogens with zero attached hydrogens (tertiary/aromatic N) is 2. The van der Waals surface area contributed by atoms with Crippen LogP contribution in [0, 0.1) is 0 Å². The largest absolute Gasteiger partial charge is 0.508 e. The normalized spacial score (nSPS) is 13.8. The van der Waals surface area contributed by atoms with Crippen LogP contribution in [0.4, 0.5) is 5.69 Å². The zero-order valence-corrected chi connectivity index (χ0v) is 16.4. The maximum Gasteiger partial charge on any atom is 0.262 e. The van der Waals surface area contributed by atoms with E-state index in [-0.39, 0.29) is 18.1 Å². The van der Waals surface area contributed by atoms with E-state index in [4.69, 9.17) is 0 Å². The van der Waals surface area contributed by atoms with Crippen LogP contribution >= 0.6 is 0 Å². The van der Waals surface area contributed by atoms with Crippen molar-refractivity contribution >= 4 is 23.4 Å². The monoisotopic (exact) mass is 400 g/mol. The first-order valence-electron chi connectivity index (χ1n) is 9.55. The molecule has 1 aliphatic heterocycles. The van der Waals surface area contributed by atoms with Gasteiger partial charge in [-0.05, 0) is 42.0 Å². The van der Waals surface area contributed by atoms with E-state index in [0.717, 1.165) is 10.5 Å². The smallest absolute Gasteiger partial charge is 0.262 e. The Hall–Kier alpha value is -3.93. The molecule has 1 atom stereocenters. The predicted molar refractivity (Wildman–Crippen MR) is 112 cm³/mol. The number of carbonyl (C=O) groups excluding carboxylic acids is 3. The molecule has 1 heterocycles. The number of hydrogen-bond acceptors (Lipinski definition) is 4. The highest BCUT2D eigenvalue weighted by atomic mass is 16.3. The number of carbonyl (C=O) groups is 3. The van der Waals surface area contributed by atoms with Gasteiger partial charge in [-0.1, -0.05) is 42.5 Å². The van der Waals surface area contributed by atoms with Crippen LogP contribution in [-0.2, 0) is 11.2 Å². The molecule has 0 saturated carbocycles. The van der Waals surface area contributed by atoms with Crippen molar-refractivity contribution in [3.63, 3.8) is 0 Å². The summed E-state index contributed by atoms with van der Waals surface area (Å²) in [5.41, 5.74) is 2.00. The summed E-state index contributed by atoms with van der Waals surface area (Å²) in [7, 11) is 1.59. The molecule has 0 fully saturated rings. The van der Waals surface area contributed by atoms with E-state index < -0.39 is 17.9 Å². The van der Waals surface area contributed by atoms with Crippen LogP contribution in [0.25, 0.3) is 0 Å². The van der Waals surface area contributed by atoms with Gasteiger partial charge in [-0.15, -0.1) is 0 Å². The minimum atomic E-state index is -1.00. The molecule has 0 spiro atoms. The first kappa shape index (κ1) is 19.4. The number of benzene rings is 3. The second-order valence-corrected chi connectivity index (χ2v) is 7.15. The van der Waals surface area contributed by atoms with Crippen LogP contribution in [0.2, 0.25) is 0 Å². The first-order valence-corrected chi connectivity index (χ1v) is 9.55. The highest BCUT2D eigenvalue weighted by Crippen LogP contribution is 2.28. The Kier molecular flexibility index (Phi) is 5.06. The van der Waals surface area contributed by atoms with Gasteiger partial charge in [-0.3, -0.25) is 19.3 Å². The molecule has 0 unspecified atom stereocenters. The summed E-state index contributed by atoms with van der Waals surface area (Å²) in [5.74, 6) is -1.24. The topological polar surface area (TPSA) is 77.9 Å². The highest BCUT2D eigenvalue weighted by molar-refractivity contribution is 6.23. The summed E-state index contributed by atoms with van der Waals surface area (Å²) in [6, 6.07) is 21.1. The van der Waals surface area contributed by atoms with Crippen molar-refractivity contribution in [2.75, 3.05) is 11.9 Å². The molecule has 150 valence electrons. The van der Waals surface area contributed by atoms with E-state index in [1.165, 1.54) is 17.0 Å². The maximum atomic E-state index is 13.5. The lowest BCUT2D eigenvalue weighted by atomic mass is 10.0. The van der Waals surface area contributed by atoms with Crippen molar-refractivity contribution in [1.29, 1.82) is 0 Å². The molecule has 6 nitrogen and oxygen atoms in total. The Labute approximate surface area is 174 Å². The molecule has 3 aromatic rings. The Morgan fingerprint density at radius 3 is 1.97 bits per heavy atom. The third kappa shape index (κ3) is 3.43. The zero-order valence-electron chi connectivity index (χ0n) is 16.4. The Morgan fingerprint density at radius 2 is 1.40 bits per heavy atom. The molecule has 0 saturated heterocycles. The van der Waals surface area contributed by atoms with Crippen molar-refractivity contribution in [1.82, 2.24) is 4.90 Å². The van der Waals surface area contributed by atoms with E-state index in [1.54, 1.807) is 43.4 Å². The SMILES string of the molecule is CN(C(=O)[C@@H](Cc1ccccc1)N1C(=O)c2ccccc2C1=O)c1ccc(O)cc1. The number of anilines is 1. The predicted octanol–water partition coefficient (Wildman–Crippen LogP) is 3.26. The van der Waals surface area contributed by atoms with Crippen molar-refractivity contribution in [2.45, 2.75) is 12.5 Å². The standard InChI is InChI=1S/C24H20N2O4/c1-25(17-11-13-18(27)14-12-17)24(30)21(15-16-7-3-2-4-8-16)26-22(28)19-9-5-6-10-20(19)23(26)29/h2-14,21,27H,15H2,1H3/t21-/m1/s1. The van der Waals surface area contributed by atoms with Crippen molar-refractivity contribution in [3.8, 4) is 5.75 Å². The average molecular weight is 400 g/mol. The third-order valence-corrected chi connectivity index (χ3v) is 5.26. The highest BCUT2D eigenvalue weighted by Gasteiger charge is 2.43. The first-order chi connectivity index (χ1) is 14.5. The van der Waals surface area contributed by atoms with Crippen LogP contribution in [-0.4, -0.2) is 40.8 Å². The van der Waals surface area contributed by atoms with Crippen LogP contribution in [0.3, 0.4) is 0 Å². The van der Waals surface area contributed by atoms with Crippen molar-refractivity contribution < 1.29 is 19.5 Å². The van der Waals surface area contributed by atoms with Gasteiger partial charge >= 0.3 is 0 Å². The average Bonchev–Trinajstić information content (AvgIpc) is 3.03. The Bertz CT molecular complexity index is 1070. The lowest BCUT2D eigenvalue weighted by molar-refractivity contribution is -0.122. The quantitative estimate of drug-likeness (QED) is 0.667. The molecule has 0 bridgehead atoms. The van der Waals surface area contributed by atoms with Gasteiger partial charge in [0.05, 0.1) is 11.1 Å². The molecule has 30 heavy (non-hydrogen) atoms. The number of imide groups is 1. The number of fused-ring (bicyclic) bond motifs is 1. The lowest BCUT2D eigenvalue weighted by Gasteiger charge is -2.29. The second kappa shape index (κ2) is 7.83. The fourth-order valence-corrected chi connectivity index (χ4v) is 3.64. The molecule has 0 radical (unpaired) electrons. The molecule has 1 N–H and O–H groups in total. The van der Waals surface area contributed by atoms with E-state index >= 15 is 0 Å². The minimum Gasteiger partial charge on any atom is -0.508 e. The maximum absolute atomic E-state index is 13.5. The molecule has 3 aromatic carbocycles. The van der Waals surface area contributed by atoms with E-state index in [9.17, 15) is 19.5 Å². The number of likely N-dealkylation sites (N-methyl/N-ethyl adjacent to an activating group) is 1. The van der Waals surface area contributed by atoms with Crippen LogP contribution in [0.5, 0.6) is 5.75 Å². The zero-order chi connectivity index (χ0) is 21.3. The fourth-order valence-electron chi connectivity index (χ4n) is 3.64. The van der Waals surface area contributed by atoms with Gasteiger partial charge in [-0.2, -0.15) is 0 Å². The number of rotatable bonds is 5. The molecule has 1 aliphatic rings. The molecule has 0 aromatic heterocycles. The van der Waals surface area contributed by atoms with Crippen molar-refractivity contribution in [2.24, 2.45) is 0 Å². The van der Waals surface area contributed by atoms with Gasteiger partial charge in [0.25, 0.3) is 11.8 Å². The van der Waals surface area contributed by atoms with Gasteiger partial charge < -0.3 is 10.0 Å². The van der Waals surface area contributed by atoms with Gasteiger partial charge in [0.1, 0.15) is 11.8 Å². The lowest BCUT2D eigenvalue weighted by Crippen LogP contribution is -2.51. The Morgan fingerprint density at radius 1 is 0.867 bits per heavy atom. The number of phenols is 1. The number of amides is 3. The number of aromatic hydroxyl groups is 1. The van der Waals surface area contributed by atoms with Crippen molar-refractivity contribution in [3.05, 3.63) is 95.6 Å². The summed E-state index contributed by atoms with van der Waals surface area (Å²) >= 11 is 0. The van der Waals surface area contributed by atoms with Gasteiger partial charge in [0, 0.05) is 19.2 Å². The van der Waals surface area contributed by atoms with E-state index in [2.05, 4.69) is 0 Å². The molecule has 3 amide bonds. The molecule has 4 rings (SSSR count). The molecular weight excluding hydrogens is 380 g/mol. The summed E-state index contributed by atoms with van der Waals surface area (Å²) in [6.45, 7) is 0. The van der Waals surface area contributed by atoms with Gasteiger partial charge in [0.15, 0.2) is 0 Å². The summed E-state index contributed by atoms with van der Waals surface area (Å²) in [4.78, 5) is 42.0. The molecule has 0 aliphatic carbocycles. The fraction of sp³-hybridized carbons (Fsp3) is 0.125. The Balaban J connectivity index is 1.72. The number of hydrogen-bond donors (Lipinski definition) is 1. The second-order valence-electron chi connectivity index (χ2n) is 7.15. The summed E-state index contributed by atoms with van der Waals surface area (Å²) in [5, 5.41) is 9.52. The minimum absolute atomic E-state index is 0.0841. The van der Waals surface area contributed by atoms with E-state index in [0.29, 0.717) is 16.8 Å². The van der Waals surface area contributed by atoms with Crippen LogP contribution < -0.4 is 4.90 Å². The third-order valence-electron chi connectivity index (χ3n) is 5.26. The van der Waals surface area contributed by atoms with E-state index in [1.807, 2.05) is 30.3 Å². The number of phenolic OH excluding ortho intramolecular Hbond substituents is 1. The molecule has 6 heteroatoms. The molecular formula is C24H20N2O4. The van der Waals surface area contributed by atoms with Crippen LogP contribution in [0.1, 0.15) is 26.3 Å².